The van der Waals surface area contributed by atoms with Crippen LogP contribution in [0.3, 0.4) is 0 Å². The summed E-state index contributed by atoms with van der Waals surface area (Å²) in [5.41, 5.74) is 12.7. The lowest BCUT2D eigenvalue weighted by atomic mass is 9.98. The van der Waals surface area contributed by atoms with Gasteiger partial charge in [-0.15, -0.1) is 0 Å². The van der Waals surface area contributed by atoms with E-state index >= 15 is 4.39 Å². The molecular formula is C33H45FN15O22P4S+. The number of nitrogens with zero attached hydrogens (tertiary/aromatic N) is 10. The molecule has 3 fully saturated rings. The van der Waals surface area contributed by atoms with Gasteiger partial charge in [-0.25, -0.2) is 42.6 Å². The van der Waals surface area contributed by atoms with Gasteiger partial charge in [0.2, 0.25) is 30.1 Å². The number of imidazole rings is 3. The maximum atomic E-state index is 16.1. The first-order chi connectivity index (χ1) is 35.5. The number of hydrogen-bond donors (Lipinski definition) is 12. The molecule has 416 valence electrons. The number of aromatic nitrogens is 12. The van der Waals surface area contributed by atoms with Crippen LogP contribution in [0, 0.1) is 0 Å². The number of nitrogens with two attached hydrogens (primary N) is 3. The smallest absolute Gasteiger partial charge is 0.387 e. The van der Waals surface area contributed by atoms with Gasteiger partial charge in [0.05, 0.1) is 39.5 Å². The van der Waals surface area contributed by atoms with Crippen LogP contribution in [0.25, 0.3) is 33.5 Å². The lowest BCUT2D eigenvalue weighted by Crippen LogP contribution is -2.41. The Kier molecular flexibility index (Phi) is 15.1. The molecule has 3 saturated heterocycles. The molecule has 43 heteroatoms. The van der Waals surface area contributed by atoms with Crippen LogP contribution in [0.1, 0.15) is 25.6 Å². The highest BCUT2D eigenvalue weighted by Crippen LogP contribution is 2.68. The predicted molar refractivity (Wildman–Crippen MR) is 249 cm³/mol. The fourth-order valence-electron chi connectivity index (χ4n) is 8.53. The number of halogens is 1. The van der Waals surface area contributed by atoms with Gasteiger partial charge in [-0.05, 0) is 18.7 Å². The number of H-pyrrole nitrogens is 2. The summed E-state index contributed by atoms with van der Waals surface area (Å²) < 4.78 is 112. The Morgan fingerprint density at radius 1 is 0.750 bits per heavy atom. The number of aliphatic hydroxyl groups excluding tert-OH is 3. The summed E-state index contributed by atoms with van der Waals surface area (Å²) in [7, 11) is -15.5. The van der Waals surface area contributed by atoms with E-state index in [4.69, 9.17) is 66.1 Å². The Morgan fingerprint density at radius 3 is 1.99 bits per heavy atom. The standard InChI is InChI=1S/C33H44FN15O22P4S/c1-33(34)21(52)13(68-30(33)49-10-46(2)16-25(49)43-32(37)45-27(16)54)6-64-73(57,58)71-74(59,60)70-72(55,56)63-5-12-19(20(62-3)29(67-12)47-8-40-14-22(35)38-7-39-23(14)47)69-75(61,76)65-4-11-17(50)18(51)28(66-11)48-9-41-15-24(48)42-31(36)44-26(15)53/h7-13,17-21,28-30,50-52H,4-6H2,1-3H3,(H11-,35,36,37,38,39,42,43,44,45,53,54,55,56,57,58,59,60,61,76)/p+1. The van der Waals surface area contributed by atoms with E-state index in [2.05, 4.69) is 48.5 Å². The van der Waals surface area contributed by atoms with Crippen LogP contribution in [0.5, 0.6) is 0 Å². The highest BCUT2D eigenvalue weighted by atomic mass is 32.5. The number of anilines is 3. The minimum Gasteiger partial charge on any atom is -0.387 e. The lowest BCUT2D eigenvalue weighted by Gasteiger charge is -2.28. The van der Waals surface area contributed by atoms with Gasteiger partial charge in [0.15, 0.2) is 35.1 Å². The van der Waals surface area contributed by atoms with E-state index in [-0.39, 0.29) is 51.2 Å². The van der Waals surface area contributed by atoms with Crippen LogP contribution in [0.4, 0.5) is 22.1 Å². The fraction of sp³-hybridized carbons (Fsp3) is 0.545. The topological polar surface area (TPSA) is 525 Å². The van der Waals surface area contributed by atoms with E-state index in [1.54, 1.807) is 0 Å². The number of nitrogens with one attached hydrogen (secondary N) is 2. The van der Waals surface area contributed by atoms with Crippen molar-refractivity contribution >= 4 is 93.2 Å². The van der Waals surface area contributed by atoms with E-state index in [0.29, 0.717) is 0 Å². The highest BCUT2D eigenvalue weighted by Gasteiger charge is 2.59. The summed E-state index contributed by atoms with van der Waals surface area (Å²) in [5.74, 6) is -0.702. The van der Waals surface area contributed by atoms with E-state index in [1.807, 2.05) is 0 Å². The molecule has 0 aromatic carbocycles. The molecule has 0 amide bonds. The molecule has 76 heavy (non-hydrogen) atoms. The van der Waals surface area contributed by atoms with Crippen molar-refractivity contribution in [3.63, 3.8) is 0 Å². The van der Waals surface area contributed by atoms with Gasteiger partial charge in [-0.1, -0.05) is 0 Å². The van der Waals surface area contributed by atoms with Gasteiger partial charge < -0.3 is 75.6 Å². The normalized spacial score (nSPS) is 31.2. The van der Waals surface area contributed by atoms with Gasteiger partial charge in [0.1, 0.15) is 60.7 Å². The van der Waals surface area contributed by atoms with Crippen LogP contribution >= 0.6 is 30.2 Å². The third-order valence-corrected chi connectivity index (χ3v) is 17.7. The second-order valence-electron chi connectivity index (χ2n) is 17.0. The molecule has 0 bridgehead atoms. The quantitative estimate of drug-likeness (QED) is 0.0280. The number of rotatable bonds is 19. The molecule has 0 saturated carbocycles. The van der Waals surface area contributed by atoms with Crippen molar-refractivity contribution in [3.8, 4) is 0 Å². The summed E-state index contributed by atoms with van der Waals surface area (Å²) in [6, 6.07) is 0. The molecule has 16 unspecified atom stereocenters. The molecule has 15 N–H and O–H groups in total. The molecule has 0 spiro atoms. The molecular weight excluding hydrogens is 1130 g/mol. The number of aryl methyl sites for hydroxylation is 1. The number of aromatic amines is 2. The van der Waals surface area contributed by atoms with E-state index in [1.165, 1.54) is 28.8 Å². The predicted octanol–water partition coefficient (Wildman–Crippen LogP) is -3.23. The van der Waals surface area contributed by atoms with Crippen LogP contribution in [0.15, 0.2) is 34.9 Å². The summed E-state index contributed by atoms with van der Waals surface area (Å²) in [5, 5.41) is 32.7. The number of alkyl halides is 1. The second kappa shape index (κ2) is 20.5. The zero-order chi connectivity index (χ0) is 55.2. The van der Waals surface area contributed by atoms with Crippen molar-refractivity contribution in [1.82, 2.24) is 53.6 Å². The molecule has 3 aliphatic rings. The molecule has 16 atom stereocenters. The Labute approximate surface area is 426 Å². The number of phosphoric ester groups is 2. The third kappa shape index (κ3) is 10.9. The number of aliphatic hydroxyl groups is 3. The average molecular weight is 1180 g/mol. The Balaban J connectivity index is 0.867. The van der Waals surface area contributed by atoms with Crippen molar-refractivity contribution in [3.05, 3.63) is 46.0 Å². The number of methoxy groups -OCH3 is 1. The Hall–Kier alpha value is -4.76. The van der Waals surface area contributed by atoms with E-state index < -0.39 is 134 Å². The van der Waals surface area contributed by atoms with Crippen molar-refractivity contribution in [2.45, 2.75) is 80.1 Å². The third-order valence-electron chi connectivity index (χ3n) is 11.9. The number of ether oxygens (including phenoxy) is 4. The van der Waals surface area contributed by atoms with Gasteiger partial charge in [0.25, 0.3) is 16.7 Å². The average Bonchev–Trinajstić information content (AvgIpc) is 4.16. The molecule has 3 aliphatic heterocycles. The summed E-state index contributed by atoms with van der Waals surface area (Å²) >= 11 is 5.28. The Bertz CT molecular complexity index is 3530. The molecule has 6 aromatic heterocycles. The fourth-order valence-corrected chi connectivity index (χ4v) is 13.5. The number of fused-ring (bicyclic) bond motifs is 3. The Morgan fingerprint density at radius 2 is 1.33 bits per heavy atom. The highest BCUT2D eigenvalue weighted by molar-refractivity contribution is 8.07. The van der Waals surface area contributed by atoms with Gasteiger partial charge >= 0.3 is 35.7 Å². The maximum Gasteiger partial charge on any atom is 0.490 e. The number of phosphoric acid groups is 3. The molecule has 37 nitrogen and oxygen atoms in total. The van der Waals surface area contributed by atoms with Crippen molar-refractivity contribution < 1.29 is 103 Å². The minimum absolute atomic E-state index is 0.0512. The molecule has 9 heterocycles. The number of nitrogen functional groups attached to an aromatic ring is 3. The van der Waals surface area contributed by atoms with Crippen LogP contribution in [0.2, 0.25) is 0 Å². The largest absolute Gasteiger partial charge is 0.490 e. The SMILES string of the molecule is COC1C(OP(O)(=S)OCC2OC(n3cnc4c(=O)[nH]c(N)nc43)C(O)C2O)C(COP(=O)(O)OP(=O)(O)OP(=O)(O)OCC2OC(n3c[n+](C)c4c(=O)[nH]c(N)nc43)C(C)(F)C2O)OC1n1cnc2c(N)ncnc21. The van der Waals surface area contributed by atoms with Crippen molar-refractivity contribution in [2.24, 2.45) is 7.05 Å². The van der Waals surface area contributed by atoms with Crippen LogP contribution < -0.4 is 32.9 Å². The monoisotopic (exact) mass is 1180 g/mol. The van der Waals surface area contributed by atoms with Gasteiger partial charge in [0, 0.05) is 7.11 Å². The van der Waals surface area contributed by atoms with Gasteiger partial charge in [-0.2, -0.15) is 23.2 Å². The number of hydrogen-bond acceptors (Lipinski definition) is 28. The summed E-state index contributed by atoms with van der Waals surface area (Å²) in [4.78, 5) is 96.4. The second-order valence-corrected chi connectivity index (χ2v) is 24.5. The van der Waals surface area contributed by atoms with E-state index in [0.717, 1.165) is 35.8 Å². The van der Waals surface area contributed by atoms with Crippen LogP contribution in [-0.2, 0) is 78.2 Å². The minimum atomic E-state index is -6.21. The summed E-state index contributed by atoms with van der Waals surface area (Å²) in [6.07, 6.45) is -13.8. The molecule has 9 rings (SSSR count). The first kappa shape index (κ1) is 56.0. The van der Waals surface area contributed by atoms with Crippen molar-refractivity contribution in [1.29, 1.82) is 0 Å². The zero-order valence-corrected chi connectivity index (χ0v) is 43.2. The van der Waals surface area contributed by atoms with Crippen LogP contribution in [-0.4, -0.2) is 170 Å². The van der Waals surface area contributed by atoms with E-state index in [9.17, 15) is 58.2 Å². The zero-order valence-electron chi connectivity index (χ0n) is 38.8. The molecule has 6 aromatic rings. The van der Waals surface area contributed by atoms with Gasteiger partial charge in [-0.3, -0.25) is 42.3 Å². The lowest BCUT2D eigenvalue weighted by molar-refractivity contribution is -0.646. The maximum absolute atomic E-state index is 16.1. The first-order valence-corrected chi connectivity index (χ1v) is 28.6. The van der Waals surface area contributed by atoms with Crippen molar-refractivity contribution in [2.75, 3.05) is 44.1 Å². The molecule has 0 aliphatic carbocycles. The summed E-state index contributed by atoms with van der Waals surface area (Å²) in [6.45, 7) is -6.94. The first-order valence-electron chi connectivity index (χ1n) is 21.5. The molecule has 0 radical (unpaired) electrons.